The van der Waals surface area contributed by atoms with E-state index < -0.39 is 0 Å². The molecule has 2 aromatic heterocycles. The predicted octanol–water partition coefficient (Wildman–Crippen LogP) is 3.97. The van der Waals surface area contributed by atoms with E-state index in [1.54, 1.807) is 12.4 Å². The topological polar surface area (TPSA) is 42.7 Å². The fraction of sp³-hybridized carbons (Fsp3) is 0.158. The first-order valence-electron chi connectivity index (χ1n) is 7.76. The highest BCUT2D eigenvalue weighted by molar-refractivity contribution is 5.77. The minimum Gasteiger partial charge on any atom is -0.359 e. The van der Waals surface area contributed by atoms with Crippen LogP contribution in [-0.4, -0.2) is 14.5 Å². The number of rotatable bonds is 2. The van der Waals surface area contributed by atoms with E-state index in [0.29, 0.717) is 0 Å². The largest absolute Gasteiger partial charge is 0.359 e. The molecule has 0 saturated heterocycles. The number of hydrogen-bond donors (Lipinski definition) is 1. The van der Waals surface area contributed by atoms with Gasteiger partial charge in [0.25, 0.3) is 0 Å². The van der Waals surface area contributed by atoms with Crippen molar-refractivity contribution in [1.82, 2.24) is 19.9 Å². The molecule has 114 valence electrons. The smallest absolute Gasteiger partial charge is 0.111 e. The van der Waals surface area contributed by atoms with Gasteiger partial charge in [-0.15, -0.1) is 0 Å². The Morgan fingerprint density at radius 2 is 1.87 bits per heavy atom. The summed E-state index contributed by atoms with van der Waals surface area (Å²) in [6, 6.07) is 10.6. The molecule has 0 aliphatic carbocycles. The Morgan fingerprint density at radius 1 is 1.04 bits per heavy atom. The Balaban J connectivity index is 1.73. The summed E-state index contributed by atoms with van der Waals surface area (Å²) in [5.41, 5.74) is 6.70. The standard InChI is InChI=1S/C19H18N4/c1-13-4-3-5-17(21-13)15-6-8-16(9-7-15)23-14(2)22-18-12-20-11-10-19(18)23/h4-12,21H,3H2,1-2H3. The Labute approximate surface area is 135 Å². The molecule has 0 fully saturated rings. The van der Waals surface area contributed by atoms with Crippen LogP contribution < -0.4 is 5.32 Å². The number of dihydropyridines is 1. The van der Waals surface area contributed by atoms with Gasteiger partial charge >= 0.3 is 0 Å². The summed E-state index contributed by atoms with van der Waals surface area (Å²) in [7, 11) is 0. The zero-order valence-corrected chi connectivity index (χ0v) is 13.2. The van der Waals surface area contributed by atoms with Gasteiger partial charge in [-0.05, 0) is 44.0 Å². The third-order valence-electron chi connectivity index (χ3n) is 4.14. The average molecular weight is 302 g/mol. The van der Waals surface area contributed by atoms with Crippen molar-refractivity contribution >= 4 is 16.7 Å². The number of allylic oxidation sites excluding steroid dienone is 3. The highest BCUT2D eigenvalue weighted by Gasteiger charge is 2.10. The Morgan fingerprint density at radius 3 is 2.65 bits per heavy atom. The van der Waals surface area contributed by atoms with Crippen molar-refractivity contribution in [2.24, 2.45) is 0 Å². The van der Waals surface area contributed by atoms with E-state index in [1.165, 1.54) is 17.0 Å². The predicted molar refractivity (Wildman–Crippen MR) is 93.1 cm³/mol. The third kappa shape index (κ3) is 2.42. The minimum absolute atomic E-state index is 0.923. The zero-order chi connectivity index (χ0) is 15.8. The SMILES string of the molecule is CC1=CCC=C(c2ccc(-n3c(C)nc4cnccc43)cc2)N1. The molecule has 3 aromatic rings. The van der Waals surface area contributed by atoms with Crippen LogP contribution in [0.15, 0.2) is 60.6 Å². The number of imidazole rings is 1. The van der Waals surface area contributed by atoms with E-state index in [4.69, 9.17) is 0 Å². The van der Waals surface area contributed by atoms with Crippen LogP contribution in [0.4, 0.5) is 0 Å². The van der Waals surface area contributed by atoms with Crippen LogP contribution >= 0.6 is 0 Å². The molecule has 1 aromatic carbocycles. The molecule has 4 heteroatoms. The monoisotopic (exact) mass is 302 g/mol. The van der Waals surface area contributed by atoms with Crippen molar-refractivity contribution in [3.05, 3.63) is 72.0 Å². The fourth-order valence-corrected chi connectivity index (χ4v) is 3.03. The van der Waals surface area contributed by atoms with E-state index in [2.05, 4.69) is 63.2 Å². The van der Waals surface area contributed by atoms with Gasteiger partial charge in [0, 0.05) is 23.3 Å². The lowest BCUT2D eigenvalue weighted by atomic mass is 10.1. The molecule has 23 heavy (non-hydrogen) atoms. The van der Waals surface area contributed by atoms with Crippen LogP contribution in [0.2, 0.25) is 0 Å². The lowest BCUT2D eigenvalue weighted by Gasteiger charge is -2.16. The lowest BCUT2D eigenvalue weighted by molar-refractivity contribution is 0.997. The zero-order valence-electron chi connectivity index (χ0n) is 13.2. The van der Waals surface area contributed by atoms with Crippen LogP contribution in [-0.2, 0) is 0 Å². The summed E-state index contributed by atoms with van der Waals surface area (Å²) in [5, 5.41) is 3.42. The Kier molecular flexibility index (Phi) is 3.23. The molecular weight excluding hydrogens is 284 g/mol. The van der Waals surface area contributed by atoms with Crippen molar-refractivity contribution in [2.45, 2.75) is 20.3 Å². The number of benzene rings is 1. The summed E-state index contributed by atoms with van der Waals surface area (Å²) < 4.78 is 2.16. The Bertz CT molecular complexity index is 930. The summed E-state index contributed by atoms with van der Waals surface area (Å²) in [4.78, 5) is 8.73. The van der Waals surface area contributed by atoms with Gasteiger partial charge in [-0.2, -0.15) is 0 Å². The van der Waals surface area contributed by atoms with Crippen LogP contribution in [0.1, 0.15) is 24.7 Å². The number of fused-ring (bicyclic) bond motifs is 1. The summed E-state index contributed by atoms with van der Waals surface area (Å²) in [5.74, 6) is 0.967. The number of hydrogen-bond acceptors (Lipinski definition) is 3. The van der Waals surface area contributed by atoms with Gasteiger partial charge in [-0.1, -0.05) is 24.3 Å². The second kappa shape index (κ2) is 5.39. The van der Waals surface area contributed by atoms with Crippen molar-refractivity contribution in [3.63, 3.8) is 0 Å². The van der Waals surface area contributed by atoms with Crippen molar-refractivity contribution < 1.29 is 0 Å². The van der Waals surface area contributed by atoms with Crippen LogP contribution in [0.3, 0.4) is 0 Å². The van der Waals surface area contributed by atoms with Crippen molar-refractivity contribution in [1.29, 1.82) is 0 Å². The molecule has 0 radical (unpaired) electrons. The van der Waals surface area contributed by atoms with E-state index >= 15 is 0 Å². The highest BCUT2D eigenvalue weighted by atomic mass is 15.1. The maximum absolute atomic E-state index is 4.58. The first kappa shape index (κ1) is 13.8. The summed E-state index contributed by atoms with van der Waals surface area (Å²) in [6.45, 7) is 4.11. The molecule has 0 bridgehead atoms. The lowest BCUT2D eigenvalue weighted by Crippen LogP contribution is -2.12. The first-order chi connectivity index (χ1) is 11.2. The van der Waals surface area contributed by atoms with Gasteiger partial charge in [-0.3, -0.25) is 9.55 Å². The molecule has 1 aliphatic rings. The molecule has 0 unspecified atom stereocenters. The maximum atomic E-state index is 4.58. The van der Waals surface area contributed by atoms with Crippen molar-refractivity contribution in [3.8, 4) is 5.69 Å². The van der Waals surface area contributed by atoms with E-state index in [9.17, 15) is 0 Å². The van der Waals surface area contributed by atoms with Crippen molar-refractivity contribution in [2.75, 3.05) is 0 Å². The van der Waals surface area contributed by atoms with E-state index in [1.807, 2.05) is 13.0 Å². The second-order valence-corrected chi connectivity index (χ2v) is 5.77. The fourth-order valence-electron chi connectivity index (χ4n) is 3.03. The second-order valence-electron chi connectivity index (χ2n) is 5.77. The third-order valence-corrected chi connectivity index (χ3v) is 4.14. The number of aryl methyl sites for hydroxylation is 1. The van der Waals surface area contributed by atoms with Gasteiger partial charge in [0.15, 0.2) is 0 Å². The number of nitrogens with zero attached hydrogens (tertiary/aromatic N) is 3. The number of pyridine rings is 1. The van der Waals surface area contributed by atoms with Gasteiger partial charge in [0.05, 0.1) is 11.7 Å². The Hall–Kier alpha value is -2.88. The van der Waals surface area contributed by atoms with E-state index in [-0.39, 0.29) is 0 Å². The normalized spacial score (nSPS) is 14.3. The van der Waals surface area contributed by atoms with Gasteiger partial charge < -0.3 is 5.32 Å². The van der Waals surface area contributed by atoms with Crippen LogP contribution in [0, 0.1) is 6.92 Å². The summed E-state index contributed by atoms with van der Waals surface area (Å²) >= 11 is 0. The molecule has 1 N–H and O–H groups in total. The average Bonchev–Trinajstić information content (AvgIpc) is 2.91. The summed E-state index contributed by atoms with van der Waals surface area (Å²) in [6.07, 6.45) is 8.99. The van der Waals surface area contributed by atoms with Crippen LogP contribution in [0.25, 0.3) is 22.4 Å². The number of aromatic nitrogens is 3. The first-order valence-corrected chi connectivity index (χ1v) is 7.76. The van der Waals surface area contributed by atoms with E-state index in [0.717, 1.165) is 29.0 Å². The molecule has 1 aliphatic heterocycles. The molecular formula is C19H18N4. The van der Waals surface area contributed by atoms with Crippen LogP contribution in [0.5, 0.6) is 0 Å². The van der Waals surface area contributed by atoms with Gasteiger partial charge in [-0.25, -0.2) is 4.98 Å². The molecule has 0 saturated carbocycles. The highest BCUT2D eigenvalue weighted by Crippen LogP contribution is 2.23. The molecule has 0 amide bonds. The van der Waals surface area contributed by atoms with Gasteiger partial charge in [0.1, 0.15) is 11.3 Å². The molecule has 0 spiro atoms. The molecule has 3 heterocycles. The molecule has 0 atom stereocenters. The number of nitrogens with one attached hydrogen (secondary N) is 1. The molecule has 4 rings (SSSR count). The molecule has 4 nitrogen and oxygen atoms in total. The minimum atomic E-state index is 0.923. The quantitative estimate of drug-likeness (QED) is 0.779. The van der Waals surface area contributed by atoms with Gasteiger partial charge in [0.2, 0.25) is 0 Å². The maximum Gasteiger partial charge on any atom is 0.111 e.